The smallest absolute Gasteiger partial charge is 0.284 e. The average molecular weight is 445 g/mol. The van der Waals surface area contributed by atoms with Gasteiger partial charge in [-0.3, -0.25) is 9.48 Å². The number of hydrogen-bond donors (Lipinski definition) is 1. The van der Waals surface area contributed by atoms with Crippen LogP contribution in [0.2, 0.25) is 0 Å². The van der Waals surface area contributed by atoms with Gasteiger partial charge in [-0.2, -0.15) is 10.2 Å². The summed E-state index contributed by atoms with van der Waals surface area (Å²) in [5, 5.41) is 10.9. The second-order valence-corrected chi connectivity index (χ2v) is 9.31. The maximum Gasteiger partial charge on any atom is 0.284 e. The minimum atomic E-state index is -2.78. The molecule has 1 N–H and O–H groups in total. The molecule has 1 saturated carbocycles. The van der Waals surface area contributed by atoms with Crippen LogP contribution in [0.1, 0.15) is 93.5 Å². The van der Waals surface area contributed by atoms with E-state index >= 15 is 0 Å². The van der Waals surface area contributed by atoms with Gasteiger partial charge in [0.1, 0.15) is 5.56 Å². The largest absolute Gasteiger partial charge is 0.319 e. The minimum Gasteiger partial charge on any atom is -0.319 e. The normalized spacial score (nSPS) is 19.4. The van der Waals surface area contributed by atoms with E-state index in [4.69, 9.17) is 0 Å². The van der Waals surface area contributed by atoms with Crippen molar-refractivity contribution < 1.29 is 13.6 Å². The molecule has 1 fully saturated rings. The van der Waals surface area contributed by atoms with Gasteiger partial charge >= 0.3 is 0 Å². The first-order chi connectivity index (χ1) is 15.2. The lowest BCUT2D eigenvalue weighted by Gasteiger charge is -2.30. The predicted molar refractivity (Wildman–Crippen MR) is 118 cm³/mol. The number of carbonyl (C=O) groups excluding carboxylic acids is 1. The standard InChI is InChI=1S/C23H30F2N6O/c1-13(2)15-5-7-16(8-6-15)31-12-19(20(29-31)21(24)25)28-23(32)17-11-26-30-10-9-18(14(3)4)27-22(17)30/h9-16,21H,5-8H2,1-4H3,(H,28,32). The number of nitrogens with zero attached hydrogens (tertiary/aromatic N) is 5. The molecule has 9 heteroatoms. The number of carbonyl (C=O) groups is 1. The molecular weight excluding hydrogens is 414 g/mol. The number of nitrogens with one attached hydrogen (secondary N) is 1. The molecule has 0 aromatic carbocycles. The fourth-order valence-corrected chi connectivity index (χ4v) is 4.44. The third-order valence-electron chi connectivity index (χ3n) is 6.50. The highest BCUT2D eigenvalue weighted by molar-refractivity contribution is 6.08. The SMILES string of the molecule is CC(C)c1ccn2ncc(C(=O)Nc3cn(C4CCC(C(C)C)CC4)nc3C(F)F)c2n1. The predicted octanol–water partition coefficient (Wildman–Crippen LogP) is 5.63. The van der Waals surface area contributed by atoms with Crippen LogP contribution < -0.4 is 5.32 Å². The van der Waals surface area contributed by atoms with Gasteiger partial charge in [-0.15, -0.1) is 0 Å². The van der Waals surface area contributed by atoms with Crippen LogP contribution in [0.25, 0.3) is 5.65 Å². The maximum atomic E-state index is 13.7. The zero-order valence-corrected chi connectivity index (χ0v) is 18.9. The molecule has 0 aliphatic heterocycles. The second kappa shape index (κ2) is 8.96. The van der Waals surface area contributed by atoms with Gasteiger partial charge in [-0.1, -0.05) is 27.7 Å². The maximum absolute atomic E-state index is 13.7. The van der Waals surface area contributed by atoms with Gasteiger partial charge in [0.25, 0.3) is 12.3 Å². The van der Waals surface area contributed by atoms with Crippen LogP contribution in [-0.2, 0) is 0 Å². The van der Waals surface area contributed by atoms with Gasteiger partial charge in [0.15, 0.2) is 11.3 Å². The molecule has 3 aromatic rings. The Morgan fingerprint density at radius 2 is 1.88 bits per heavy atom. The van der Waals surface area contributed by atoms with Crippen LogP contribution >= 0.6 is 0 Å². The lowest BCUT2D eigenvalue weighted by molar-refractivity contribution is 0.102. The summed E-state index contributed by atoms with van der Waals surface area (Å²) in [5.41, 5.74) is 1.08. The van der Waals surface area contributed by atoms with Crippen LogP contribution in [0.3, 0.4) is 0 Å². The monoisotopic (exact) mass is 444 g/mol. The van der Waals surface area contributed by atoms with E-state index in [1.165, 1.54) is 10.7 Å². The zero-order chi connectivity index (χ0) is 23.0. The van der Waals surface area contributed by atoms with Crippen molar-refractivity contribution in [2.45, 2.75) is 71.8 Å². The fraction of sp³-hybridized carbons (Fsp3) is 0.565. The first-order valence-corrected chi connectivity index (χ1v) is 11.3. The molecule has 0 spiro atoms. The van der Waals surface area contributed by atoms with Crippen LogP contribution in [0.15, 0.2) is 24.7 Å². The molecule has 1 aliphatic rings. The number of rotatable bonds is 6. The van der Waals surface area contributed by atoms with Gasteiger partial charge < -0.3 is 5.32 Å². The van der Waals surface area contributed by atoms with Crippen LogP contribution in [0, 0.1) is 11.8 Å². The van der Waals surface area contributed by atoms with Gasteiger partial charge in [-0.25, -0.2) is 18.3 Å². The summed E-state index contributed by atoms with van der Waals surface area (Å²) in [7, 11) is 0. The molecule has 172 valence electrons. The van der Waals surface area contributed by atoms with Gasteiger partial charge in [0.05, 0.1) is 17.9 Å². The molecule has 4 rings (SSSR count). The van der Waals surface area contributed by atoms with Crippen molar-refractivity contribution in [3.63, 3.8) is 0 Å². The molecule has 3 heterocycles. The van der Waals surface area contributed by atoms with E-state index in [9.17, 15) is 13.6 Å². The van der Waals surface area contributed by atoms with Crippen LogP contribution in [0.5, 0.6) is 0 Å². The number of aromatic nitrogens is 5. The Morgan fingerprint density at radius 1 is 1.16 bits per heavy atom. The molecular formula is C23H30F2N6O. The van der Waals surface area contributed by atoms with E-state index in [1.54, 1.807) is 17.1 Å². The van der Waals surface area contributed by atoms with Crippen molar-refractivity contribution in [1.29, 1.82) is 0 Å². The van der Waals surface area contributed by atoms with Gasteiger partial charge in [-0.05, 0) is 49.5 Å². The van der Waals surface area contributed by atoms with Crippen molar-refractivity contribution in [2.75, 3.05) is 5.32 Å². The zero-order valence-electron chi connectivity index (χ0n) is 18.9. The molecule has 1 amide bonds. The summed E-state index contributed by atoms with van der Waals surface area (Å²) < 4.78 is 30.5. The van der Waals surface area contributed by atoms with E-state index < -0.39 is 18.0 Å². The Balaban J connectivity index is 1.57. The van der Waals surface area contributed by atoms with Crippen LogP contribution in [-0.4, -0.2) is 30.3 Å². The van der Waals surface area contributed by atoms with Crippen molar-refractivity contribution in [2.24, 2.45) is 11.8 Å². The first-order valence-electron chi connectivity index (χ1n) is 11.3. The van der Waals surface area contributed by atoms with Crippen molar-refractivity contribution in [3.8, 4) is 0 Å². The summed E-state index contributed by atoms with van der Waals surface area (Å²) in [4.78, 5) is 17.5. The Hall–Kier alpha value is -2.84. The fourth-order valence-electron chi connectivity index (χ4n) is 4.44. The summed E-state index contributed by atoms with van der Waals surface area (Å²) in [6, 6.07) is 1.92. The second-order valence-electron chi connectivity index (χ2n) is 9.31. The third kappa shape index (κ3) is 4.38. The Kier molecular flexibility index (Phi) is 6.26. The minimum absolute atomic E-state index is 0.0374. The number of amides is 1. The number of fused-ring (bicyclic) bond motifs is 1. The highest BCUT2D eigenvalue weighted by Crippen LogP contribution is 2.37. The summed E-state index contributed by atoms with van der Waals surface area (Å²) in [6.45, 7) is 8.46. The molecule has 7 nitrogen and oxygen atoms in total. The summed E-state index contributed by atoms with van der Waals surface area (Å²) in [6.07, 6.45) is 5.81. The Bertz CT molecular complexity index is 1100. The van der Waals surface area contributed by atoms with E-state index in [-0.39, 0.29) is 23.2 Å². The summed E-state index contributed by atoms with van der Waals surface area (Å²) in [5.74, 6) is 0.934. The Labute approximate surface area is 186 Å². The number of anilines is 1. The highest BCUT2D eigenvalue weighted by atomic mass is 19.3. The molecule has 3 aromatic heterocycles. The van der Waals surface area contributed by atoms with Crippen molar-refractivity contribution in [1.82, 2.24) is 24.4 Å². The van der Waals surface area contributed by atoms with E-state index in [0.717, 1.165) is 31.4 Å². The number of alkyl halides is 2. The third-order valence-corrected chi connectivity index (χ3v) is 6.50. The molecule has 0 unspecified atom stereocenters. The first kappa shape index (κ1) is 22.4. The van der Waals surface area contributed by atoms with Crippen LogP contribution in [0.4, 0.5) is 14.5 Å². The molecule has 32 heavy (non-hydrogen) atoms. The quantitative estimate of drug-likeness (QED) is 0.535. The molecule has 0 atom stereocenters. The van der Waals surface area contributed by atoms with E-state index in [2.05, 4.69) is 34.3 Å². The van der Waals surface area contributed by atoms with Gasteiger partial charge in [0.2, 0.25) is 0 Å². The lowest BCUT2D eigenvalue weighted by Crippen LogP contribution is -2.21. The molecule has 0 bridgehead atoms. The van der Waals surface area contributed by atoms with E-state index in [0.29, 0.717) is 17.5 Å². The van der Waals surface area contributed by atoms with Crippen molar-refractivity contribution in [3.05, 3.63) is 41.6 Å². The van der Waals surface area contributed by atoms with Crippen molar-refractivity contribution >= 4 is 17.2 Å². The summed E-state index contributed by atoms with van der Waals surface area (Å²) >= 11 is 0. The topological polar surface area (TPSA) is 77.1 Å². The average Bonchev–Trinajstić information content (AvgIpc) is 3.37. The molecule has 1 aliphatic carbocycles. The highest BCUT2D eigenvalue weighted by Gasteiger charge is 2.28. The molecule has 0 saturated heterocycles. The molecule has 0 radical (unpaired) electrons. The van der Waals surface area contributed by atoms with Gasteiger partial charge in [0, 0.05) is 18.1 Å². The van der Waals surface area contributed by atoms with E-state index in [1.807, 2.05) is 19.9 Å². The number of halogens is 2. The Morgan fingerprint density at radius 3 is 2.50 bits per heavy atom. The lowest BCUT2D eigenvalue weighted by atomic mass is 9.80. The number of hydrogen-bond acceptors (Lipinski definition) is 4.